The van der Waals surface area contributed by atoms with E-state index in [9.17, 15) is 27.2 Å². The Morgan fingerprint density at radius 3 is 2.24 bits per heavy atom. The third-order valence-electron chi connectivity index (χ3n) is 5.14. The number of nitrogens with one attached hydrogen (secondary N) is 2. The molecule has 0 radical (unpaired) electrons. The molecule has 0 aliphatic heterocycles. The van der Waals surface area contributed by atoms with Gasteiger partial charge >= 0.3 is 6.18 Å². The number of anilines is 2. The van der Waals surface area contributed by atoms with Gasteiger partial charge in [-0.2, -0.15) is 13.2 Å². The van der Waals surface area contributed by atoms with Crippen molar-refractivity contribution in [3.05, 3.63) is 57.8 Å². The fourth-order valence-corrected chi connectivity index (χ4v) is 4.71. The van der Waals surface area contributed by atoms with Gasteiger partial charge in [-0.25, -0.2) is 4.39 Å². The lowest BCUT2D eigenvalue weighted by atomic mass is 10.1. The van der Waals surface area contributed by atoms with Gasteiger partial charge in [0, 0.05) is 28.1 Å². The third kappa shape index (κ3) is 6.04. The van der Waals surface area contributed by atoms with Crippen LogP contribution in [-0.2, 0) is 9.59 Å². The maximum Gasteiger partial charge on any atom is 0.392 e. The molecule has 12 heteroatoms. The maximum absolute atomic E-state index is 14.1. The molecule has 2 aromatic carbocycles. The number of carbonyl (C=O) groups excluding carboxylic acids is 2. The fraction of sp³-hybridized carbons (Fsp3) is 0.333. The predicted molar refractivity (Wildman–Crippen MR) is 121 cm³/mol. The smallest absolute Gasteiger partial charge is 0.326 e. The largest absolute Gasteiger partial charge is 0.392 e. The molecule has 33 heavy (non-hydrogen) atoms. The lowest BCUT2D eigenvalue weighted by Gasteiger charge is -2.15. The standard InChI is InChI=1S/C21H16Cl4F4N2O2/c1-9(21(27,28)29)4-16(32)31-15-8-13(2-3-14(15)26)30-19(33)18-17(20(18,24)25)10-5-11(22)7-12(23)6-10/h2-3,5-9,17-18H,4H2,1H3,(H,30,33)(H,31,32). The van der Waals surface area contributed by atoms with E-state index in [-0.39, 0.29) is 11.4 Å². The van der Waals surface area contributed by atoms with Crippen LogP contribution in [0.5, 0.6) is 0 Å². The van der Waals surface area contributed by atoms with Crippen molar-refractivity contribution >= 4 is 69.6 Å². The zero-order valence-corrected chi connectivity index (χ0v) is 19.8. The van der Waals surface area contributed by atoms with Gasteiger partial charge in [0.25, 0.3) is 0 Å². The Bertz CT molecular complexity index is 1070. The normalized spacial score (nSPS) is 20.2. The second-order valence-electron chi connectivity index (χ2n) is 7.71. The molecule has 2 aromatic rings. The molecule has 0 spiro atoms. The lowest BCUT2D eigenvalue weighted by Crippen LogP contribution is -2.26. The van der Waals surface area contributed by atoms with Crippen molar-refractivity contribution in [1.29, 1.82) is 0 Å². The molecule has 178 valence electrons. The fourth-order valence-electron chi connectivity index (χ4n) is 3.34. The highest BCUT2D eigenvalue weighted by Gasteiger charge is 2.67. The predicted octanol–water partition coefficient (Wildman–Crippen LogP) is 7.19. The molecule has 1 aliphatic carbocycles. The van der Waals surface area contributed by atoms with Crippen molar-refractivity contribution < 1.29 is 27.2 Å². The van der Waals surface area contributed by atoms with E-state index in [2.05, 4.69) is 10.6 Å². The van der Waals surface area contributed by atoms with Crippen LogP contribution in [-0.4, -0.2) is 22.3 Å². The molecule has 3 rings (SSSR count). The van der Waals surface area contributed by atoms with Crippen molar-refractivity contribution in [2.24, 2.45) is 11.8 Å². The molecule has 0 bridgehead atoms. The summed E-state index contributed by atoms with van der Waals surface area (Å²) in [6.07, 6.45) is -5.44. The van der Waals surface area contributed by atoms with Crippen LogP contribution in [0.15, 0.2) is 36.4 Å². The van der Waals surface area contributed by atoms with E-state index < -0.39 is 52.3 Å². The summed E-state index contributed by atoms with van der Waals surface area (Å²) in [4.78, 5) is 24.7. The molecule has 1 aliphatic rings. The molecule has 2 N–H and O–H groups in total. The molecule has 3 unspecified atom stereocenters. The van der Waals surface area contributed by atoms with Gasteiger partial charge in [-0.05, 0) is 42.0 Å². The number of carbonyl (C=O) groups is 2. The number of halogens is 8. The van der Waals surface area contributed by atoms with Crippen molar-refractivity contribution in [3.63, 3.8) is 0 Å². The molecule has 2 amide bonds. The van der Waals surface area contributed by atoms with Crippen LogP contribution in [0.25, 0.3) is 0 Å². The van der Waals surface area contributed by atoms with E-state index in [0.717, 1.165) is 19.1 Å². The highest BCUT2D eigenvalue weighted by Crippen LogP contribution is 2.65. The minimum absolute atomic E-state index is 0.0829. The Morgan fingerprint density at radius 1 is 1.06 bits per heavy atom. The quantitative estimate of drug-likeness (QED) is 0.298. The van der Waals surface area contributed by atoms with Crippen LogP contribution < -0.4 is 10.6 Å². The number of amides is 2. The van der Waals surface area contributed by atoms with E-state index in [4.69, 9.17) is 46.4 Å². The second kappa shape index (κ2) is 9.49. The Morgan fingerprint density at radius 2 is 1.67 bits per heavy atom. The summed E-state index contributed by atoms with van der Waals surface area (Å²) in [5.74, 6) is -5.90. The average molecular weight is 546 g/mol. The summed E-state index contributed by atoms with van der Waals surface area (Å²) in [7, 11) is 0. The molecular weight excluding hydrogens is 530 g/mol. The molecule has 1 fully saturated rings. The van der Waals surface area contributed by atoms with Crippen LogP contribution in [0.1, 0.15) is 24.8 Å². The van der Waals surface area contributed by atoms with Crippen LogP contribution >= 0.6 is 46.4 Å². The monoisotopic (exact) mass is 544 g/mol. The van der Waals surface area contributed by atoms with Gasteiger partial charge in [-0.1, -0.05) is 30.1 Å². The second-order valence-corrected chi connectivity index (χ2v) is 10.0. The molecule has 0 heterocycles. The van der Waals surface area contributed by atoms with E-state index in [1.54, 1.807) is 12.1 Å². The van der Waals surface area contributed by atoms with Gasteiger partial charge in [0.05, 0.1) is 17.5 Å². The minimum Gasteiger partial charge on any atom is -0.326 e. The van der Waals surface area contributed by atoms with Crippen LogP contribution in [0.3, 0.4) is 0 Å². The van der Waals surface area contributed by atoms with Gasteiger partial charge < -0.3 is 10.6 Å². The number of hydrogen-bond acceptors (Lipinski definition) is 2. The average Bonchev–Trinajstić information content (AvgIpc) is 3.25. The number of hydrogen-bond donors (Lipinski definition) is 2. The summed E-state index contributed by atoms with van der Waals surface area (Å²) < 4.78 is 50.6. The van der Waals surface area contributed by atoms with E-state index in [0.29, 0.717) is 15.6 Å². The van der Waals surface area contributed by atoms with E-state index in [1.807, 2.05) is 0 Å². The van der Waals surface area contributed by atoms with Crippen molar-refractivity contribution in [2.45, 2.75) is 29.8 Å². The van der Waals surface area contributed by atoms with Crippen molar-refractivity contribution in [1.82, 2.24) is 0 Å². The highest BCUT2D eigenvalue weighted by atomic mass is 35.5. The number of rotatable bonds is 6. The van der Waals surface area contributed by atoms with Gasteiger partial charge in [0.1, 0.15) is 10.2 Å². The first kappa shape index (κ1) is 25.9. The summed E-state index contributed by atoms with van der Waals surface area (Å²) in [5, 5.41) is 5.29. The summed E-state index contributed by atoms with van der Waals surface area (Å²) in [6, 6.07) is 7.93. The maximum atomic E-state index is 14.1. The highest BCUT2D eigenvalue weighted by molar-refractivity contribution is 6.53. The van der Waals surface area contributed by atoms with Gasteiger partial charge in [-0.3, -0.25) is 9.59 Å². The molecule has 1 saturated carbocycles. The van der Waals surface area contributed by atoms with Crippen molar-refractivity contribution in [2.75, 3.05) is 10.6 Å². The molecule has 4 nitrogen and oxygen atoms in total. The zero-order chi connectivity index (χ0) is 24.7. The van der Waals surface area contributed by atoms with Crippen LogP contribution in [0, 0.1) is 17.7 Å². The Labute approximate surface area is 206 Å². The van der Waals surface area contributed by atoms with Crippen LogP contribution in [0.2, 0.25) is 10.0 Å². The minimum atomic E-state index is -4.56. The van der Waals surface area contributed by atoms with Crippen molar-refractivity contribution in [3.8, 4) is 0 Å². The Kier molecular flexibility index (Phi) is 7.44. The third-order valence-corrected chi connectivity index (χ3v) is 6.52. The SMILES string of the molecule is CC(CC(=O)Nc1cc(NC(=O)C2C(c3cc(Cl)cc(Cl)c3)C2(Cl)Cl)ccc1F)C(F)(F)F. The van der Waals surface area contributed by atoms with Gasteiger partial charge in [0.2, 0.25) is 11.8 Å². The zero-order valence-electron chi connectivity index (χ0n) is 16.7. The first-order valence-corrected chi connectivity index (χ1v) is 11.0. The van der Waals surface area contributed by atoms with E-state index >= 15 is 0 Å². The van der Waals surface area contributed by atoms with Gasteiger partial charge in [-0.15, -0.1) is 23.2 Å². The first-order valence-electron chi connectivity index (χ1n) is 9.51. The Balaban J connectivity index is 1.71. The van der Waals surface area contributed by atoms with E-state index in [1.165, 1.54) is 12.1 Å². The molecule has 0 saturated heterocycles. The van der Waals surface area contributed by atoms with Crippen LogP contribution in [0.4, 0.5) is 28.9 Å². The first-order chi connectivity index (χ1) is 15.2. The number of alkyl halides is 5. The molecular formula is C21H16Cl4F4N2O2. The number of benzene rings is 2. The lowest BCUT2D eigenvalue weighted by molar-refractivity contribution is -0.173. The summed E-state index contributed by atoms with van der Waals surface area (Å²) >= 11 is 24.6. The molecule has 0 aromatic heterocycles. The summed E-state index contributed by atoms with van der Waals surface area (Å²) in [6.45, 7) is 0.844. The molecule has 3 atom stereocenters. The Hall–Kier alpha value is -1.74. The topological polar surface area (TPSA) is 58.2 Å². The van der Waals surface area contributed by atoms with Gasteiger partial charge in [0.15, 0.2) is 0 Å². The summed E-state index contributed by atoms with van der Waals surface area (Å²) in [5.41, 5.74) is 0.257.